The van der Waals surface area contributed by atoms with E-state index >= 15 is 0 Å². The first-order valence-electron chi connectivity index (χ1n) is 6.42. The minimum atomic E-state index is -0.244. The lowest BCUT2D eigenvalue weighted by Crippen LogP contribution is -2.07. The van der Waals surface area contributed by atoms with Crippen molar-refractivity contribution in [1.29, 1.82) is 0 Å². The number of carbonyl (C=O) groups is 1. The summed E-state index contributed by atoms with van der Waals surface area (Å²) in [7, 11) is 0. The van der Waals surface area contributed by atoms with Crippen LogP contribution in [0, 0.1) is 0 Å². The Balaban J connectivity index is 1.73. The predicted molar refractivity (Wildman–Crippen MR) is 81.0 cm³/mol. The number of nitrogens with zero attached hydrogens (tertiary/aromatic N) is 2. The van der Waals surface area contributed by atoms with Crippen LogP contribution in [0.2, 0.25) is 0 Å². The van der Waals surface area contributed by atoms with Gasteiger partial charge in [0.25, 0.3) is 0 Å². The minimum absolute atomic E-state index is 0.161. The number of aromatic hydroxyl groups is 1. The molecule has 0 saturated heterocycles. The summed E-state index contributed by atoms with van der Waals surface area (Å²) >= 11 is 0. The van der Waals surface area contributed by atoms with Crippen molar-refractivity contribution in [3.8, 4) is 5.75 Å². The van der Waals surface area contributed by atoms with E-state index in [-0.39, 0.29) is 11.7 Å². The maximum absolute atomic E-state index is 11.8. The molecule has 2 aromatic heterocycles. The number of amides is 1. The van der Waals surface area contributed by atoms with Crippen LogP contribution in [0.5, 0.6) is 5.75 Å². The molecular weight excluding hydrogens is 266 g/mol. The van der Waals surface area contributed by atoms with Gasteiger partial charge in [0, 0.05) is 18.0 Å². The molecule has 0 spiro atoms. The molecule has 0 saturated carbocycles. The summed E-state index contributed by atoms with van der Waals surface area (Å²) in [6.45, 7) is 0. The van der Waals surface area contributed by atoms with E-state index in [2.05, 4.69) is 10.3 Å². The van der Waals surface area contributed by atoms with Crippen LogP contribution in [0.15, 0.2) is 60.9 Å². The van der Waals surface area contributed by atoms with Crippen LogP contribution in [0.25, 0.3) is 11.7 Å². The van der Waals surface area contributed by atoms with Gasteiger partial charge in [-0.05, 0) is 42.5 Å². The molecule has 1 aromatic carbocycles. The largest absolute Gasteiger partial charge is 0.508 e. The molecule has 5 heteroatoms. The predicted octanol–water partition coefficient (Wildman–Crippen LogP) is 2.69. The molecule has 0 atom stereocenters. The molecule has 0 unspecified atom stereocenters. The molecule has 3 rings (SSSR count). The van der Waals surface area contributed by atoms with Crippen LogP contribution in [0.3, 0.4) is 0 Å². The Labute approximate surface area is 121 Å². The van der Waals surface area contributed by atoms with E-state index in [1.54, 1.807) is 24.4 Å². The molecule has 0 aliphatic heterocycles. The Kier molecular flexibility index (Phi) is 3.39. The summed E-state index contributed by atoms with van der Waals surface area (Å²) in [4.78, 5) is 16.1. The minimum Gasteiger partial charge on any atom is -0.508 e. The van der Waals surface area contributed by atoms with Crippen molar-refractivity contribution in [3.63, 3.8) is 0 Å². The van der Waals surface area contributed by atoms with Gasteiger partial charge in [-0.25, -0.2) is 4.98 Å². The van der Waals surface area contributed by atoms with Gasteiger partial charge in [0.1, 0.15) is 11.4 Å². The number of anilines is 1. The molecule has 104 valence electrons. The van der Waals surface area contributed by atoms with E-state index in [1.807, 2.05) is 28.8 Å². The highest BCUT2D eigenvalue weighted by atomic mass is 16.3. The van der Waals surface area contributed by atoms with Gasteiger partial charge in [-0.2, -0.15) is 0 Å². The van der Waals surface area contributed by atoms with E-state index in [9.17, 15) is 9.90 Å². The quantitative estimate of drug-likeness (QED) is 0.572. The van der Waals surface area contributed by atoms with Gasteiger partial charge in [0.05, 0.1) is 11.9 Å². The number of aromatic nitrogens is 2. The maximum atomic E-state index is 11.8. The molecule has 2 heterocycles. The summed E-state index contributed by atoms with van der Waals surface area (Å²) in [6.07, 6.45) is 6.75. The lowest BCUT2D eigenvalue weighted by molar-refractivity contribution is -0.111. The molecule has 0 bridgehead atoms. The number of pyridine rings is 1. The van der Waals surface area contributed by atoms with E-state index in [1.165, 1.54) is 18.2 Å². The fourth-order valence-corrected chi connectivity index (χ4v) is 1.97. The third kappa shape index (κ3) is 2.92. The van der Waals surface area contributed by atoms with Crippen LogP contribution in [0.1, 0.15) is 5.69 Å². The van der Waals surface area contributed by atoms with Gasteiger partial charge in [0.2, 0.25) is 5.91 Å². The maximum Gasteiger partial charge on any atom is 0.248 e. The smallest absolute Gasteiger partial charge is 0.248 e. The molecule has 0 fully saturated rings. The highest BCUT2D eigenvalue weighted by Gasteiger charge is 2.01. The number of hydrogen-bond donors (Lipinski definition) is 2. The first kappa shape index (κ1) is 12.9. The van der Waals surface area contributed by atoms with Crippen LogP contribution >= 0.6 is 0 Å². The normalized spacial score (nSPS) is 11.0. The van der Waals surface area contributed by atoms with Crippen molar-refractivity contribution < 1.29 is 9.90 Å². The number of fused-ring (bicyclic) bond motifs is 1. The zero-order valence-electron chi connectivity index (χ0n) is 11.1. The molecular formula is C16H13N3O2. The summed E-state index contributed by atoms with van der Waals surface area (Å²) in [5.41, 5.74) is 2.28. The van der Waals surface area contributed by atoms with Gasteiger partial charge < -0.3 is 14.8 Å². The Bertz CT molecular complexity index is 804. The molecule has 21 heavy (non-hydrogen) atoms. The summed E-state index contributed by atoms with van der Waals surface area (Å²) in [5, 5.41) is 11.9. The van der Waals surface area contributed by atoms with Crippen molar-refractivity contribution in [1.82, 2.24) is 9.38 Å². The summed E-state index contributed by atoms with van der Waals surface area (Å²) < 4.78 is 1.89. The second kappa shape index (κ2) is 5.50. The monoisotopic (exact) mass is 279 g/mol. The molecule has 5 nitrogen and oxygen atoms in total. The van der Waals surface area contributed by atoms with Crippen LogP contribution in [-0.2, 0) is 4.79 Å². The third-order valence-corrected chi connectivity index (χ3v) is 2.99. The van der Waals surface area contributed by atoms with Gasteiger partial charge in [-0.3, -0.25) is 4.79 Å². The highest BCUT2D eigenvalue weighted by Crippen LogP contribution is 2.14. The Hall–Kier alpha value is -3.08. The van der Waals surface area contributed by atoms with Crippen molar-refractivity contribution >= 4 is 23.3 Å². The summed E-state index contributed by atoms with van der Waals surface area (Å²) in [5.74, 6) is -0.0826. The first-order chi connectivity index (χ1) is 10.2. The molecule has 0 aliphatic rings. The van der Waals surface area contributed by atoms with Crippen molar-refractivity contribution in [2.24, 2.45) is 0 Å². The molecule has 0 aliphatic carbocycles. The lowest BCUT2D eigenvalue weighted by Gasteiger charge is -2.01. The standard InChI is InChI=1S/C16H13N3O2/c20-14-7-4-12(5-8-14)18-16(21)9-6-13-11-17-15-3-1-2-10-19(13)15/h1-11,20H,(H,18,21)/b9-6+. The molecule has 0 radical (unpaired) electrons. The second-order valence-electron chi connectivity index (χ2n) is 4.48. The Morgan fingerprint density at radius 1 is 1.19 bits per heavy atom. The number of phenols is 1. The number of phenolic OH excluding ortho intramolecular Hbond substituents is 1. The summed E-state index contributed by atoms with van der Waals surface area (Å²) in [6, 6.07) is 12.0. The van der Waals surface area contributed by atoms with Gasteiger partial charge in [0.15, 0.2) is 0 Å². The number of benzene rings is 1. The number of carbonyl (C=O) groups excluding carboxylic acids is 1. The number of hydrogen-bond acceptors (Lipinski definition) is 3. The van der Waals surface area contributed by atoms with Crippen LogP contribution < -0.4 is 5.32 Å². The SMILES string of the molecule is O=C(/C=C/c1cnc2ccccn12)Nc1ccc(O)cc1. The number of rotatable bonds is 3. The highest BCUT2D eigenvalue weighted by molar-refractivity contribution is 6.01. The van der Waals surface area contributed by atoms with Crippen molar-refractivity contribution in [2.75, 3.05) is 5.32 Å². The molecule has 1 amide bonds. The first-order valence-corrected chi connectivity index (χ1v) is 6.42. The fraction of sp³-hybridized carbons (Fsp3) is 0. The average molecular weight is 279 g/mol. The number of imidazole rings is 1. The van der Waals surface area contributed by atoms with Gasteiger partial charge in [-0.1, -0.05) is 6.07 Å². The van der Waals surface area contributed by atoms with E-state index < -0.39 is 0 Å². The van der Waals surface area contributed by atoms with Crippen molar-refractivity contribution in [2.45, 2.75) is 0 Å². The molecule has 3 aromatic rings. The van der Waals surface area contributed by atoms with E-state index in [0.717, 1.165) is 11.3 Å². The van der Waals surface area contributed by atoms with Crippen LogP contribution in [-0.4, -0.2) is 20.4 Å². The zero-order valence-corrected chi connectivity index (χ0v) is 11.1. The molecule has 2 N–H and O–H groups in total. The Morgan fingerprint density at radius 2 is 2.00 bits per heavy atom. The average Bonchev–Trinajstić information content (AvgIpc) is 2.91. The van der Waals surface area contributed by atoms with E-state index in [4.69, 9.17) is 0 Å². The zero-order chi connectivity index (χ0) is 14.7. The fourth-order valence-electron chi connectivity index (χ4n) is 1.97. The van der Waals surface area contributed by atoms with Crippen LogP contribution in [0.4, 0.5) is 5.69 Å². The van der Waals surface area contributed by atoms with Crippen molar-refractivity contribution in [3.05, 3.63) is 66.6 Å². The Morgan fingerprint density at radius 3 is 2.81 bits per heavy atom. The second-order valence-corrected chi connectivity index (χ2v) is 4.48. The van der Waals surface area contributed by atoms with Gasteiger partial charge >= 0.3 is 0 Å². The lowest BCUT2D eigenvalue weighted by atomic mass is 10.3. The number of nitrogens with one attached hydrogen (secondary N) is 1. The topological polar surface area (TPSA) is 66.6 Å². The van der Waals surface area contributed by atoms with Gasteiger partial charge in [-0.15, -0.1) is 0 Å². The van der Waals surface area contributed by atoms with E-state index in [0.29, 0.717) is 5.69 Å². The third-order valence-electron chi connectivity index (χ3n) is 2.99.